The van der Waals surface area contributed by atoms with Crippen molar-refractivity contribution < 1.29 is 0 Å². The Balaban J connectivity index is 1.14. The van der Waals surface area contributed by atoms with Crippen molar-refractivity contribution in [2.45, 2.75) is 71.1 Å². The van der Waals surface area contributed by atoms with Crippen molar-refractivity contribution in [1.29, 1.82) is 5.26 Å². The summed E-state index contributed by atoms with van der Waals surface area (Å²) in [5.74, 6) is 0. The molecule has 5 heteroatoms. The number of allylic oxidation sites excluding steroid dienone is 4. The molecule has 2 aliphatic heterocycles. The van der Waals surface area contributed by atoms with Crippen molar-refractivity contribution in [2.24, 2.45) is 0 Å². The third kappa shape index (κ3) is 7.06. The van der Waals surface area contributed by atoms with Gasteiger partial charge in [-0.15, -0.1) is 11.3 Å². The van der Waals surface area contributed by atoms with E-state index in [2.05, 4.69) is 232 Å². The SMILES string of the molecule is Cc1cc(N2c3cc(C4=CC=C(C#N)CC4)cc4c3B(c3cc(-c5ccccc5)ccc3N4c3ccc(-c4ccccc4)cc3)c3c2sc2cc4c(cc32)C(C)(C)CCC4(C)C)ccc1-c1ccccc1. The zero-order chi connectivity index (χ0) is 48.2. The van der Waals surface area contributed by atoms with Crippen LogP contribution in [0.3, 0.4) is 0 Å². The first kappa shape index (κ1) is 43.4. The van der Waals surface area contributed by atoms with E-state index in [1.807, 2.05) is 17.4 Å². The van der Waals surface area contributed by atoms with Crippen LogP contribution in [0.4, 0.5) is 33.4 Å². The van der Waals surface area contributed by atoms with E-state index in [0.29, 0.717) is 0 Å². The Hall–Kier alpha value is -7.65. The standard InChI is InChI=1S/C66H54BN3S/c1-42-35-52(30-31-53(42)48-19-13-8-14-20-48)70-60-38-50(47-23-21-43(41-68)22-24-47)37-59-63(60)67(62-54-39-55-56(40-61(54)71-64(62)70)66(4,5)34-33-65(55,2)3)57-36-49(45-17-11-7-12-18-45)27-32-58(57)69(59)51-28-25-46(26-29-51)44-15-9-6-10-16-44/h6-21,23,25-32,35-40H,22,24,33-34H2,1-5H3. The number of benzene rings is 8. The minimum atomic E-state index is -0.0552. The molecule has 0 fully saturated rings. The molecule has 0 spiro atoms. The fourth-order valence-electron chi connectivity index (χ4n) is 12.2. The van der Waals surface area contributed by atoms with Gasteiger partial charge in [-0.1, -0.05) is 155 Å². The Morgan fingerprint density at radius 1 is 0.521 bits per heavy atom. The fourth-order valence-corrected chi connectivity index (χ4v) is 13.5. The Bertz CT molecular complexity index is 3720. The molecule has 3 heterocycles. The minimum absolute atomic E-state index is 0.0474. The van der Waals surface area contributed by atoms with Crippen LogP contribution in [-0.2, 0) is 10.8 Å². The van der Waals surface area contributed by atoms with Gasteiger partial charge < -0.3 is 9.80 Å². The summed E-state index contributed by atoms with van der Waals surface area (Å²) in [5, 5.41) is 12.6. The molecule has 0 saturated heterocycles. The molecule has 0 saturated carbocycles. The van der Waals surface area contributed by atoms with Crippen LogP contribution in [0.5, 0.6) is 0 Å². The van der Waals surface area contributed by atoms with Crippen LogP contribution in [0, 0.1) is 18.3 Å². The van der Waals surface area contributed by atoms with E-state index >= 15 is 0 Å². The lowest BCUT2D eigenvalue weighted by molar-refractivity contribution is 0.332. The molecule has 0 bridgehead atoms. The minimum Gasteiger partial charge on any atom is -0.311 e. The molecule has 0 unspecified atom stereocenters. The molecule has 0 atom stereocenters. The fraction of sp³-hybridized carbons (Fsp3) is 0.167. The third-order valence-corrected chi connectivity index (χ3v) is 17.4. The van der Waals surface area contributed by atoms with Gasteiger partial charge in [-0.2, -0.15) is 5.26 Å². The number of nitriles is 1. The monoisotopic (exact) mass is 931 g/mol. The summed E-state index contributed by atoms with van der Waals surface area (Å²) < 4.78 is 1.35. The molecule has 0 amide bonds. The molecule has 8 aromatic carbocycles. The Kier molecular flexibility index (Phi) is 10.1. The Morgan fingerprint density at radius 3 is 1.75 bits per heavy atom. The first-order valence-corrected chi connectivity index (χ1v) is 26.1. The highest BCUT2D eigenvalue weighted by atomic mass is 32.1. The zero-order valence-electron chi connectivity index (χ0n) is 41.1. The molecule has 13 rings (SSSR count). The summed E-state index contributed by atoms with van der Waals surface area (Å²) >= 11 is 1.96. The van der Waals surface area contributed by atoms with Crippen LogP contribution in [-0.4, -0.2) is 6.71 Å². The van der Waals surface area contributed by atoms with Gasteiger partial charge in [0, 0.05) is 38.7 Å². The number of fused-ring (bicyclic) bond motifs is 7. The largest absolute Gasteiger partial charge is 0.311 e. The Labute approximate surface area is 422 Å². The lowest BCUT2D eigenvalue weighted by atomic mass is 9.33. The van der Waals surface area contributed by atoms with Crippen LogP contribution in [0.25, 0.3) is 49.0 Å². The van der Waals surface area contributed by atoms with E-state index < -0.39 is 0 Å². The van der Waals surface area contributed by atoms with Gasteiger partial charge in [-0.05, 0) is 187 Å². The van der Waals surface area contributed by atoms with Gasteiger partial charge in [0.25, 0.3) is 6.71 Å². The number of rotatable bonds is 6. The number of thiophene rings is 1. The molecule has 0 radical (unpaired) electrons. The number of anilines is 6. The van der Waals surface area contributed by atoms with Crippen LogP contribution in [0.2, 0.25) is 0 Å². The van der Waals surface area contributed by atoms with Gasteiger partial charge in [0.1, 0.15) is 0 Å². The first-order chi connectivity index (χ1) is 34.5. The second kappa shape index (κ2) is 16.5. The predicted octanol–water partition coefficient (Wildman–Crippen LogP) is 16.3. The second-order valence-corrected chi connectivity index (χ2v) is 22.5. The summed E-state index contributed by atoms with van der Waals surface area (Å²) in [6.45, 7) is 12.0. The van der Waals surface area contributed by atoms with Gasteiger partial charge in [0.15, 0.2) is 0 Å². The topological polar surface area (TPSA) is 30.3 Å². The Morgan fingerprint density at radius 2 is 1.11 bits per heavy atom. The molecule has 3 nitrogen and oxygen atoms in total. The number of nitrogens with zero attached hydrogens (tertiary/aromatic N) is 3. The second-order valence-electron chi connectivity index (χ2n) is 21.4. The van der Waals surface area contributed by atoms with Crippen molar-refractivity contribution >= 4 is 83.5 Å². The molecule has 2 aliphatic carbocycles. The van der Waals surface area contributed by atoms with Crippen LogP contribution in [0.1, 0.15) is 75.6 Å². The number of hydrogen-bond acceptors (Lipinski definition) is 4. The highest BCUT2D eigenvalue weighted by Crippen LogP contribution is 2.53. The molecule has 9 aromatic rings. The molecule has 4 aliphatic rings. The maximum absolute atomic E-state index is 9.96. The normalized spacial score (nSPS) is 16.0. The van der Waals surface area contributed by atoms with Crippen LogP contribution in [0.15, 0.2) is 194 Å². The van der Waals surface area contributed by atoms with Crippen molar-refractivity contribution in [3.8, 4) is 39.4 Å². The summed E-state index contributed by atoms with van der Waals surface area (Å²) in [6, 6.07) is 68.5. The number of hydrogen-bond donors (Lipinski definition) is 0. The average molecular weight is 932 g/mol. The van der Waals surface area contributed by atoms with E-state index in [9.17, 15) is 5.26 Å². The zero-order valence-corrected chi connectivity index (χ0v) is 41.9. The summed E-state index contributed by atoms with van der Waals surface area (Å²) in [5.41, 5.74) is 24.8. The van der Waals surface area contributed by atoms with Crippen molar-refractivity contribution in [3.63, 3.8) is 0 Å². The molecule has 342 valence electrons. The van der Waals surface area contributed by atoms with Gasteiger partial charge >= 0.3 is 0 Å². The van der Waals surface area contributed by atoms with Gasteiger partial charge in [0.2, 0.25) is 0 Å². The van der Waals surface area contributed by atoms with E-state index in [1.54, 1.807) is 0 Å². The van der Waals surface area contributed by atoms with Gasteiger partial charge in [-0.25, -0.2) is 0 Å². The molecule has 1 aromatic heterocycles. The molecular weight excluding hydrogens is 878 g/mol. The summed E-state index contributed by atoms with van der Waals surface area (Å²) in [7, 11) is 0. The lowest BCUT2D eigenvalue weighted by Gasteiger charge is -2.44. The van der Waals surface area contributed by atoms with Crippen molar-refractivity contribution in [3.05, 3.63) is 216 Å². The lowest BCUT2D eigenvalue weighted by Crippen LogP contribution is -2.61. The first-order valence-electron chi connectivity index (χ1n) is 25.3. The van der Waals surface area contributed by atoms with Crippen molar-refractivity contribution in [1.82, 2.24) is 0 Å². The highest BCUT2D eigenvalue weighted by molar-refractivity contribution is 7.26. The average Bonchev–Trinajstić information content (AvgIpc) is 3.78. The molecule has 71 heavy (non-hydrogen) atoms. The van der Waals surface area contributed by atoms with Crippen LogP contribution >= 0.6 is 11.3 Å². The van der Waals surface area contributed by atoms with Crippen LogP contribution < -0.4 is 26.2 Å². The maximum atomic E-state index is 9.96. The quantitative estimate of drug-likeness (QED) is 0.156. The third-order valence-electron chi connectivity index (χ3n) is 16.2. The predicted molar refractivity (Wildman–Crippen MR) is 303 cm³/mol. The van der Waals surface area contributed by atoms with Gasteiger partial charge in [0.05, 0.1) is 11.1 Å². The van der Waals surface area contributed by atoms with Gasteiger partial charge in [-0.3, -0.25) is 0 Å². The van der Waals surface area contributed by atoms with E-state index in [0.717, 1.165) is 36.2 Å². The summed E-state index contributed by atoms with van der Waals surface area (Å²) in [6.07, 6.45) is 8.09. The molecule has 0 N–H and O–H groups in total. The van der Waals surface area contributed by atoms with Crippen molar-refractivity contribution in [2.75, 3.05) is 9.80 Å². The molecular formula is C66H54BN3S. The van der Waals surface area contributed by atoms with E-state index in [-0.39, 0.29) is 17.5 Å². The smallest absolute Gasteiger partial charge is 0.254 e. The van der Waals surface area contributed by atoms with E-state index in [1.165, 1.54) is 116 Å². The summed E-state index contributed by atoms with van der Waals surface area (Å²) in [4.78, 5) is 5.17. The van der Waals surface area contributed by atoms with E-state index in [4.69, 9.17) is 0 Å². The maximum Gasteiger partial charge on any atom is 0.254 e. The highest BCUT2D eigenvalue weighted by Gasteiger charge is 2.47. The number of aryl methyl sites for hydroxylation is 1.